The van der Waals surface area contributed by atoms with Gasteiger partial charge in [0.2, 0.25) is 0 Å². The van der Waals surface area contributed by atoms with Crippen LogP contribution in [0.3, 0.4) is 0 Å². The van der Waals surface area contributed by atoms with Gasteiger partial charge in [-0.2, -0.15) is 0 Å². The number of benzene rings is 2. The number of imide groups is 2. The Kier molecular flexibility index (Phi) is 5.61. The Labute approximate surface area is 176 Å². The van der Waals surface area contributed by atoms with E-state index in [1.165, 1.54) is 24.5 Å². The van der Waals surface area contributed by atoms with E-state index in [1.54, 1.807) is 48.5 Å². The Balaban J connectivity index is 1.46. The standard InChI is InChI=1S/C23H17FN2O5/c24-17-4-1-3-16(11-17)14-31-18-8-6-15(7-9-18)12-20-21(27)25-23(29)26(22(20)28)13-19-5-2-10-30-19/h1-12H,13-14H2,(H,25,27,29). The van der Waals surface area contributed by atoms with Crippen molar-refractivity contribution in [1.82, 2.24) is 10.2 Å². The number of carbonyl (C=O) groups is 3. The summed E-state index contributed by atoms with van der Waals surface area (Å²) in [5, 5.41) is 2.16. The smallest absolute Gasteiger partial charge is 0.331 e. The van der Waals surface area contributed by atoms with Gasteiger partial charge in [-0.05, 0) is 53.6 Å². The number of hydrogen-bond donors (Lipinski definition) is 1. The Morgan fingerprint density at radius 2 is 1.84 bits per heavy atom. The van der Waals surface area contributed by atoms with E-state index in [0.717, 1.165) is 4.90 Å². The molecule has 1 aliphatic heterocycles. The summed E-state index contributed by atoms with van der Waals surface area (Å²) >= 11 is 0. The van der Waals surface area contributed by atoms with Gasteiger partial charge in [0.1, 0.15) is 29.5 Å². The maximum Gasteiger partial charge on any atom is 0.331 e. The van der Waals surface area contributed by atoms with Gasteiger partial charge < -0.3 is 9.15 Å². The molecule has 1 aromatic heterocycles. The molecule has 0 radical (unpaired) electrons. The second-order valence-corrected chi connectivity index (χ2v) is 6.78. The van der Waals surface area contributed by atoms with Crippen LogP contribution < -0.4 is 10.1 Å². The molecule has 1 N–H and O–H groups in total. The number of ether oxygens (including phenoxy) is 1. The molecule has 7 nitrogen and oxygen atoms in total. The number of nitrogens with zero attached hydrogens (tertiary/aromatic N) is 1. The molecule has 8 heteroatoms. The van der Waals surface area contributed by atoms with Crippen molar-refractivity contribution in [2.75, 3.05) is 0 Å². The van der Waals surface area contributed by atoms with E-state index < -0.39 is 17.8 Å². The first kappa shape index (κ1) is 20.1. The highest BCUT2D eigenvalue weighted by molar-refractivity contribution is 6.30. The number of nitrogens with one attached hydrogen (secondary N) is 1. The molecule has 1 saturated heterocycles. The number of halogens is 1. The first-order valence-electron chi connectivity index (χ1n) is 9.38. The summed E-state index contributed by atoms with van der Waals surface area (Å²) in [6.45, 7) is 0.109. The lowest BCUT2D eigenvalue weighted by atomic mass is 10.1. The number of hydrogen-bond acceptors (Lipinski definition) is 5. The Morgan fingerprint density at radius 3 is 2.55 bits per heavy atom. The minimum absolute atomic E-state index is 0.0882. The second-order valence-electron chi connectivity index (χ2n) is 6.78. The highest BCUT2D eigenvalue weighted by Crippen LogP contribution is 2.20. The highest BCUT2D eigenvalue weighted by atomic mass is 19.1. The van der Waals surface area contributed by atoms with Gasteiger partial charge in [0.15, 0.2) is 0 Å². The molecule has 0 atom stereocenters. The molecular formula is C23H17FN2O5. The van der Waals surface area contributed by atoms with E-state index in [0.29, 0.717) is 22.6 Å². The summed E-state index contributed by atoms with van der Waals surface area (Å²) in [4.78, 5) is 37.9. The van der Waals surface area contributed by atoms with Crippen molar-refractivity contribution in [3.63, 3.8) is 0 Å². The molecule has 0 bridgehead atoms. The molecular weight excluding hydrogens is 403 g/mol. The number of barbiturate groups is 1. The number of urea groups is 1. The molecule has 0 aliphatic carbocycles. The molecule has 0 unspecified atom stereocenters. The molecule has 4 amide bonds. The summed E-state index contributed by atoms with van der Waals surface area (Å²) in [5.74, 6) is -0.857. The third-order valence-electron chi connectivity index (χ3n) is 4.57. The Bertz CT molecular complexity index is 1150. The Morgan fingerprint density at radius 1 is 1.03 bits per heavy atom. The molecule has 0 spiro atoms. The van der Waals surface area contributed by atoms with E-state index in [9.17, 15) is 18.8 Å². The zero-order chi connectivity index (χ0) is 21.8. The van der Waals surface area contributed by atoms with Gasteiger partial charge in [-0.15, -0.1) is 0 Å². The molecule has 156 valence electrons. The Hall–Kier alpha value is -4.20. The van der Waals surface area contributed by atoms with Crippen molar-refractivity contribution < 1.29 is 27.9 Å². The lowest BCUT2D eigenvalue weighted by Crippen LogP contribution is -2.53. The average molecular weight is 420 g/mol. The van der Waals surface area contributed by atoms with Gasteiger partial charge in [-0.1, -0.05) is 24.3 Å². The van der Waals surface area contributed by atoms with Crippen molar-refractivity contribution in [2.24, 2.45) is 0 Å². The monoisotopic (exact) mass is 420 g/mol. The lowest BCUT2D eigenvalue weighted by Gasteiger charge is -2.25. The van der Waals surface area contributed by atoms with E-state index in [4.69, 9.17) is 9.15 Å². The number of amides is 4. The summed E-state index contributed by atoms with van der Waals surface area (Å²) in [6.07, 6.45) is 2.83. The molecule has 0 saturated carbocycles. The van der Waals surface area contributed by atoms with Gasteiger partial charge in [0.05, 0.1) is 12.8 Å². The topological polar surface area (TPSA) is 88.9 Å². The largest absolute Gasteiger partial charge is 0.489 e. The number of rotatable bonds is 6. The molecule has 1 aliphatic rings. The van der Waals surface area contributed by atoms with Crippen LogP contribution in [-0.2, 0) is 22.7 Å². The zero-order valence-corrected chi connectivity index (χ0v) is 16.2. The van der Waals surface area contributed by atoms with Gasteiger partial charge in [0, 0.05) is 0 Å². The van der Waals surface area contributed by atoms with Crippen LogP contribution in [0.25, 0.3) is 6.08 Å². The van der Waals surface area contributed by atoms with E-state index in [1.807, 2.05) is 0 Å². The quantitative estimate of drug-likeness (QED) is 0.486. The summed E-state index contributed by atoms with van der Waals surface area (Å²) < 4.78 is 24.0. The summed E-state index contributed by atoms with van der Waals surface area (Å²) in [5.41, 5.74) is 1.10. The summed E-state index contributed by atoms with van der Waals surface area (Å²) in [7, 11) is 0. The maximum atomic E-state index is 13.2. The fourth-order valence-electron chi connectivity index (χ4n) is 3.02. The van der Waals surface area contributed by atoms with Crippen molar-refractivity contribution >= 4 is 23.9 Å². The number of carbonyl (C=O) groups excluding carboxylic acids is 3. The average Bonchev–Trinajstić information content (AvgIpc) is 3.27. The normalized spacial score (nSPS) is 15.3. The lowest BCUT2D eigenvalue weighted by molar-refractivity contribution is -0.130. The summed E-state index contributed by atoms with van der Waals surface area (Å²) in [6, 6.07) is 15.3. The minimum Gasteiger partial charge on any atom is -0.489 e. The molecule has 1 fully saturated rings. The third-order valence-corrected chi connectivity index (χ3v) is 4.57. The minimum atomic E-state index is -0.801. The SMILES string of the molecule is O=C1NC(=O)N(Cc2ccco2)C(=O)C1=Cc1ccc(OCc2cccc(F)c2)cc1. The van der Waals surface area contributed by atoms with Crippen molar-refractivity contribution in [3.05, 3.63) is 95.2 Å². The van der Waals surface area contributed by atoms with Crippen LogP contribution in [0.4, 0.5) is 9.18 Å². The first-order valence-corrected chi connectivity index (χ1v) is 9.38. The fourth-order valence-corrected chi connectivity index (χ4v) is 3.02. The molecule has 4 rings (SSSR count). The number of furan rings is 1. The maximum absolute atomic E-state index is 13.2. The second kappa shape index (κ2) is 8.66. The predicted molar refractivity (Wildman–Crippen MR) is 108 cm³/mol. The molecule has 2 aromatic carbocycles. The van der Waals surface area contributed by atoms with E-state index in [2.05, 4.69) is 5.32 Å². The van der Waals surface area contributed by atoms with Crippen molar-refractivity contribution in [1.29, 1.82) is 0 Å². The van der Waals surface area contributed by atoms with Crippen LogP contribution in [0.5, 0.6) is 5.75 Å². The van der Waals surface area contributed by atoms with E-state index in [-0.39, 0.29) is 24.5 Å². The van der Waals surface area contributed by atoms with Crippen LogP contribution in [0.2, 0.25) is 0 Å². The van der Waals surface area contributed by atoms with Crippen LogP contribution in [0.15, 0.2) is 76.9 Å². The van der Waals surface area contributed by atoms with Crippen molar-refractivity contribution in [2.45, 2.75) is 13.2 Å². The van der Waals surface area contributed by atoms with Crippen LogP contribution in [0, 0.1) is 5.82 Å². The zero-order valence-electron chi connectivity index (χ0n) is 16.2. The van der Waals surface area contributed by atoms with Crippen LogP contribution in [-0.4, -0.2) is 22.7 Å². The molecule has 3 aromatic rings. The molecule has 2 heterocycles. The molecule has 31 heavy (non-hydrogen) atoms. The van der Waals surface area contributed by atoms with E-state index >= 15 is 0 Å². The highest BCUT2D eigenvalue weighted by Gasteiger charge is 2.36. The predicted octanol–water partition coefficient (Wildman–Crippen LogP) is 3.66. The first-order chi connectivity index (χ1) is 15.0. The van der Waals surface area contributed by atoms with Crippen LogP contribution >= 0.6 is 0 Å². The third kappa shape index (κ3) is 4.69. The van der Waals surface area contributed by atoms with Gasteiger partial charge in [0.25, 0.3) is 11.8 Å². The van der Waals surface area contributed by atoms with Gasteiger partial charge >= 0.3 is 6.03 Å². The van der Waals surface area contributed by atoms with Gasteiger partial charge in [-0.3, -0.25) is 19.8 Å². The fraction of sp³-hybridized carbons (Fsp3) is 0.0870. The van der Waals surface area contributed by atoms with Crippen LogP contribution in [0.1, 0.15) is 16.9 Å². The van der Waals surface area contributed by atoms with Crippen molar-refractivity contribution in [3.8, 4) is 5.75 Å². The van der Waals surface area contributed by atoms with Gasteiger partial charge in [-0.25, -0.2) is 9.18 Å².